The first kappa shape index (κ1) is 16.3. The third-order valence-corrected chi connectivity index (χ3v) is 4.19. The fraction of sp³-hybridized carbons (Fsp3) is 0.312. The molecule has 0 aliphatic carbocycles. The Morgan fingerprint density at radius 3 is 2.75 bits per heavy atom. The van der Waals surface area contributed by atoms with Gasteiger partial charge in [0.15, 0.2) is 16.6 Å². The van der Waals surface area contributed by atoms with E-state index in [1.807, 2.05) is 25.1 Å². The number of carbonyl (C=O) groups excluding carboxylic acids is 2. The van der Waals surface area contributed by atoms with Gasteiger partial charge in [0.1, 0.15) is 18.9 Å². The number of fused-ring (bicyclic) bond motifs is 1. The molecule has 0 fully saturated rings. The Balaban J connectivity index is 1.67. The van der Waals surface area contributed by atoms with E-state index in [9.17, 15) is 9.59 Å². The molecule has 0 unspecified atom stereocenters. The van der Waals surface area contributed by atoms with Gasteiger partial charge in [0, 0.05) is 12.3 Å². The number of nitrogens with zero attached hydrogens (tertiary/aromatic N) is 1. The van der Waals surface area contributed by atoms with E-state index < -0.39 is 0 Å². The van der Waals surface area contributed by atoms with E-state index in [1.54, 1.807) is 5.38 Å². The molecular formula is C16H17N3O4S. The molecule has 126 valence electrons. The molecule has 0 spiro atoms. The molecule has 24 heavy (non-hydrogen) atoms. The van der Waals surface area contributed by atoms with Crippen LogP contribution in [0.2, 0.25) is 0 Å². The highest BCUT2D eigenvalue weighted by atomic mass is 32.1. The van der Waals surface area contributed by atoms with Crippen molar-refractivity contribution in [1.29, 1.82) is 0 Å². The van der Waals surface area contributed by atoms with E-state index >= 15 is 0 Å². The van der Waals surface area contributed by atoms with Gasteiger partial charge in [0.05, 0.1) is 6.04 Å². The van der Waals surface area contributed by atoms with Crippen LogP contribution in [-0.4, -0.2) is 30.0 Å². The van der Waals surface area contributed by atoms with Crippen LogP contribution in [0.1, 0.15) is 35.9 Å². The largest absolute Gasteiger partial charge is 0.486 e. The maximum Gasteiger partial charge on any atom is 0.271 e. The van der Waals surface area contributed by atoms with E-state index in [0.29, 0.717) is 29.8 Å². The van der Waals surface area contributed by atoms with Crippen molar-refractivity contribution in [1.82, 2.24) is 10.3 Å². The summed E-state index contributed by atoms with van der Waals surface area (Å²) in [6.07, 6.45) is 0. The Morgan fingerprint density at radius 1 is 1.25 bits per heavy atom. The molecule has 0 saturated carbocycles. The van der Waals surface area contributed by atoms with Crippen molar-refractivity contribution >= 4 is 28.3 Å². The molecule has 1 aliphatic rings. The zero-order valence-corrected chi connectivity index (χ0v) is 14.1. The summed E-state index contributed by atoms with van der Waals surface area (Å²) in [4.78, 5) is 27.4. The number of nitrogens with one attached hydrogen (secondary N) is 2. The van der Waals surface area contributed by atoms with Gasteiger partial charge in [-0.05, 0) is 24.6 Å². The normalized spacial score (nSPS) is 13.9. The Bertz CT molecular complexity index is 774. The van der Waals surface area contributed by atoms with Crippen LogP contribution in [0.15, 0.2) is 23.6 Å². The molecule has 0 saturated heterocycles. The molecule has 1 aliphatic heterocycles. The SMILES string of the molecule is CC(=O)Nc1nc(C(=O)N[C@@H](C)c2ccc3c(c2)OCCO3)cs1. The summed E-state index contributed by atoms with van der Waals surface area (Å²) in [6.45, 7) is 4.33. The summed E-state index contributed by atoms with van der Waals surface area (Å²) in [5.74, 6) is 0.871. The van der Waals surface area contributed by atoms with Gasteiger partial charge in [0.2, 0.25) is 5.91 Å². The van der Waals surface area contributed by atoms with Crippen LogP contribution in [0.5, 0.6) is 11.5 Å². The number of aromatic nitrogens is 1. The third kappa shape index (κ3) is 3.65. The Labute approximate surface area is 143 Å². The fourth-order valence-electron chi connectivity index (χ4n) is 2.27. The van der Waals surface area contributed by atoms with Gasteiger partial charge in [-0.2, -0.15) is 0 Å². The summed E-state index contributed by atoms with van der Waals surface area (Å²) in [6, 6.07) is 5.37. The van der Waals surface area contributed by atoms with Crippen molar-refractivity contribution in [2.75, 3.05) is 18.5 Å². The first-order chi connectivity index (χ1) is 11.5. The highest BCUT2D eigenvalue weighted by Gasteiger charge is 2.18. The Hall–Kier alpha value is -2.61. The molecular weight excluding hydrogens is 330 g/mol. The fourth-order valence-corrected chi connectivity index (χ4v) is 3.01. The van der Waals surface area contributed by atoms with Crippen molar-refractivity contribution in [3.8, 4) is 11.5 Å². The van der Waals surface area contributed by atoms with E-state index in [0.717, 1.165) is 5.56 Å². The first-order valence-electron chi connectivity index (χ1n) is 7.46. The van der Waals surface area contributed by atoms with Crippen LogP contribution in [0.3, 0.4) is 0 Å². The van der Waals surface area contributed by atoms with Gasteiger partial charge in [-0.1, -0.05) is 6.07 Å². The summed E-state index contributed by atoms with van der Waals surface area (Å²) >= 11 is 1.21. The highest BCUT2D eigenvalue weighted by molar-refractivity contribution is 7.14. The quantitative estimate of drug-likeness (QED) is 0.886. The van der Waals surface area contributed by atoms with Crippen LogP contribution in [0, 0.1) is 0 Å². The lowest BCUT2D eigenvalue weighted by atomic mass is 10.1. The second-order valence-electron chi connectivity index (χ2n) is 5.32. The number of rotatable bonds is 4. The number of hydrogen-bond acceptors (Lipinski definition) is 6. The molecule has 2 aromatic rings. The van der Waals surface area contributed by atoms with Crippen molar-refractivity contribution in [3.05, 3.63) is 34.8 Å². The lowest BCUT2D eigenvalue weighted by Crippen LogP contribution is -2.27. The van der Waals surface area contributed by atoms with Gasteiger partial charge >= 0.3 is 0 Å². The maximum absolute atomic E-state index is 12.3. The number of benzene rings is 1. The van der Waals surface area contributed by atoms with Gasteiger partial charge in [0.25, 0.3) is 5.91 Å². The summed E-state index contributed by atoms with van der Waals surface area (Å²) < 4.78 is 11.0. The van der Waals surface area contributed by atoms with Crippen LogP contribution in [0.25, 0.3) is 0 Å². The number of anilines is 1. The Morgan fingerprint density at radius 2 is 2.00 bits per heavy atom. The number of thiazole rings is 1. The van der Waals surface area contributed by atoms with Crippen molar-refractivity contribution in [2.24, 2.45) is 0 Å². The lowest BCUT2D eigenvalue weighted by Gasteiger charge is -2.21. The van der Waals surface area contributed by atoms with E-state index in [4.69, 9.17) is 9.47 Å². The molecule has 7 nitrogen and oxygen atoms in total. The van der Waals surface area contributed by atoms with Crippen LogP contribution < -0.4 is 20.1 Å². The summed E-state index contributed by atoms with van der Waals surface area (Å²) in [5.41, 5.74) is 1.18. The van der Waals surface area contributed by atoms with E-state index in [1.165, 1.54) is 18.3 Å². The molecule has 3 rings (SSSR count). The topological polar surface area (TPSA) is 89.6 Å². The molecule has 0 radical (unpaired) electrons. The zero-order chi connectivity index (χ0) is 17.1. The molecule has 1 atom stereocenters. The van der Waals surface area contributed by atoms with E-state index in [-0.39, 0.29) is 23.6 Å². The minimum absolute atomic E-state index is 0.221. The molecule has 8 heteroatoms. The number of amides is 2. The Kier molecular flexibility index (Phi) is 4.66. The van der Waals surface area contributed by atoms with Gasteiger partial charge in [-0.15, -0.1) is 11.3 Å². The smallest absolute Gasteiger partial charge is 0.271 e. The maximum atomic E-state index is 12.3. The minimum atomic E-state index is -0.301. The predicted octanol–water partition coefficient (Wildman–Crippen LogP) is 2.36. The second-order valence-corrected chi connectivity index (χ2v) is 6.18. The third-order valence-electron chi connectivity index (χ3n) is 3.43. The van der Waals surface area contributed by atoms with Crippen LogP contribution in [-0.2, 0) is 4.79 Å². The van der Waals surface area contributed by atoms with Gasteiger partial charge in [-0.3, -0.25) is 9.59 Å². The van der Waals surface area contributed by atoms with Crippen molar-refractivity contribution < 1.29 is 19.1 Å². The molecule has 2 amide bonds. The van der Waals surface area contributed by atoms with Crippen LogP contribution >= 0.6 is 11.3 Å². The molecule has 1 aromatic carbocycles. The summed E-state index contributed by atoms with van der Waals surface area (Å²) in [7, 11) is 0. The number of ether oxygens (including phenoxy) is 2. The highest BCUT2D eigenvalue weighted by Crippen LogP contribution is 2.32. The minimum Gasteiger partial charge on any atom is -0.486 e. The number of hydrogen-bond donors (Lipinski definition) is 2. The zero-order valence-electron chi connectivity index (χ0n) is 13.3. The van der Waals surface area contributed by atoms with Crippen molar-refractivity contribution in [3.63, 3.8) is 0 Å². The first-order valence-corrected chi connectivity index (χ1v) is 8.34. The average molecular weight is 347 g/mol. The molecule has 2 N–H and O–H groups in total. The lowest BCUT2D eigenvalue weighted by molar-refractivity contribution is -0.114. The molecule has 1 aromatic heterocycles. The monoisotopic (exact) mass is 347 g/mol. The average Bonchev–Trinajstić information content (AvgIpc) is 3.02. The molecule has 0 bridgehead atoms. The van der Waals surface area contributed by atoms with Crippen molar-refractivity contribution in [2.45, 2.75) is 19.9 Å². The van der Waals surface area contributed by atoms with E-state index in [2.05, 4.69) is 15.6 Å². The predicted molar refractivity (Wildman–Crippen MR) is 89.7 cm³/mol. The van der Waals surface area contributed by atoms with Gasteiger partial charge in [-0.25, -0.2) is 4.98 Å². The van der Waals surface area contributed by atoms with Gasteiger partial charge < -0.3 is 20.1 Å². The standard InChI is InChI=1S/C16H17N3O4S/c1-9(11-3-4-13-14(7-11)23-6-5-22-13)17-15(21)12-8-24-16(19-12)18-10(2)20/h3-4,7-9H,5-6H2,1-2H3,(H,17,21)(H,18,19,20)/t9-/m0/s1. The second kappa shape index (κ2) is 6.88. The number of carbonyl (C=O) groups is 2. The molecule has 2 heterocycles. The van der Waals surface area contributed by atoms with Crippen LogP contribution in [0.4, 0.5) is 5.13 Å². The summed E-state index contributed by atoms with van der Waals surface area (Å²) in [5, 5.41) is 7.45.